The lowest BCUT2D eigenvalue weighted by molar-refractivity contribution is 0.102. The normalized spacial score (nSPS) is 14.6. The number of carbonyl (C=O) groups is 2. The molecule has 0 saturated carbocycles. The van der Waals surface area contributed by atoms with Crippen molar-refractivity contribution in [2.75, 3.05) is 11.1 Å². The Bertz CT molecular complexity index is 1070. The van der Waals surface area contributed by atoms with Gasteiger partial charge in [0.25, 0.3) is 5.91 Å². The van der Waals surface area contributed by atoms with Crippen molar-refractivity contribution in [3.05, 3.63) is 89.2 Å². The Morgan fingerprint density at radius 1 is 1.13 bits per heavy atom. The Balaban J connectivity index is 1.38. The summed E-state index contributed by atoms with van der Waals surface area (Å²) in [5, 5.41) is 5.74. The molecule has 7 heteroatoms. The van der Waals surface area contributed by atoms with Crippen molar-refractivity contribution >= 4 is 23.4 Å². The van der Waals surface area contributed by atoms with Crippen molar-refractivity contribution in [2.45, 2.75) is 25.5 Å². The summed E-state index contributed by atoms with van der Waals surface area (Å²) >= 11 is 0. The summed E-state index contributed by atoms with van der Waals surface area (Å²) in [5.74, 6) is -0.219. The highest BCUT2D eigenvalue weighted by Gasteiger charge is 2.25. The molecule has 2 amide bonds. The first-order valence-electron chi connectivity index (χ1n) is 9.71. The zero-order valence-corrected chi connectivity index (χ0v) is 16.3. The van der Waals surface area contributed by atoms with E-state index < -0.39 is 6.09 Å². The zero-order valence-electron chi connectivity index (χ0n) is 16.3. The molecule has 30 heavy (non-hydrogen) atoms. The van der Waals surface area contributed by atoms with Crippen molar-refractivity contribution < 1.29 is 14.3 Å². The number of benzene rings is 2. The molecule has 0 spiro atoms. The molecule has 3 aromatic rings. The molecular weight excluding hydrogens is 380 g/mol. The van der Waals surface area contributed by atoms with Gasteiger partial charge in [-0.15, -0.1) is 0 Å². The van der Waals surface area contributed by atoms with Gasteiger partial charge in [-0.05, 0) is 54.3 Å². The van der Waals surface area contributed by atoms with Crippen LogP contribution in [0.3, 0.4) is 0 Å². The second kappa shape index (κ2) is 8.65. The Hall–Kier alpha value is -3.87. The summed E-state index contributed by atoms with van der Waals surface area (Å²) < 4.78 is 5.28. The molecule has 1 aromatic heterocycles. The van der Waals surface area contributed by atoms with E-state index in [4.69, 9.17) is 10.5 Å². The monoisotopic (exact) mass is 402 g/mol. The van der Waals surface area contributed by atoms with Crippen molar-refractivity contribution in [3.8, 4) is 0 Å². The minimum atomic E-state index is -0.474. The molecule has 1 atom stereocenters. The quantitative estimate of drug-likeness (QED) is 0.563. The molecule has 4 N–H and O–H groups in total. The van der Waals surface area contributed by atoms with Crippen LogP contribution in [0, 0.1) is 0 Å². The summed E-state index contributed by atoms with van der Waals surface area (Å²) in [6.07, 6.45) is 4.39. The topological polar surface area (TPSA) is 106 Å². The molecule has 7 nitrogen and oxygen atoms in total. The Morgan fingerprint density at radius 3 is 2.80 bits per heavy atom. The van der Waals surface area contributed by atoms with Crippen LogP contribution >= 0.6 is 0 Å². The number of aryl methyl sites for hydroxylation is 1. The third-order valence-electron chi connectivity index (χ3n) is 5.08. The van der Waals surface area contributed by atoms with E-state index in [0.717, 1.165) is 29.5 Å². The smallest absolute Gasteiger partial charge is 0.407 e. The third kappa shape index (κ3) is 4.41. The summed E-state index contributed by atoms with van der Waals surface area (Å²) in [6.45, 7) is 0.168. The number of para-hydroxylation sites is 2. The molecule has 0 radical (unpaired) electrons. The molecule has 1 aliphatic rings. The second-order valence-electron chi connectivity index (χ2n) is 7.13. The molecule has 1 aliphatic carbocycles. The van der Waals surface area contributed by atoms with Gasteiger partial charge in [-0.2, -0.15) is 0 Å². The van der Waals surface area contributed by atoms with E-state index in [1.54, 1.807) is 36.7 Å². The fourth-order valence-corrected chi connectivity index (χ4v) is 3.53. The van der Waals surface area contributed by atoms with Crippen LogP contribution in [-0.2, 0) is 17.8 Å². The maximum absolute atomic E-state index is 12.6. The molecule has 1 heterocycles. The predicted molar refractivity (Wildman–Crippen MR) is 114 cm³/mol. The second-order valence-corrected chi connectivity index (χ2v) is 7.13. The lowest BCUT2D eigenvalue weighted by Crippen LogP contribution is -2.27. The minimum absolute atomic E-state index is 0.136. The number of ether oxygens (including phenoxy) is 1. The van der Waals surface area contributed by atoms with Crippen LogP contribution in [0.4, 0.5) is 16.2 Å². The van der Waals surface area contributed by atoms with E-state index in [-0.39, 0.29) is 18.6 Å². The van der Waals surface area contributed by atoms with Gasteiger partial charge in [0.2, 0.25) is 0 Å². The number of alkyl carbamates (subject to hydrolysis) is 1. The SMILES string of the molecule is Nc1ccccc1NC(=O)c1ccc2c(c1)CCC2NC(=O)OCc1cccnc1. The number of hydrogen-bond acceptors (Lipinski definition) is 5. The molecule has 0 saturated heterocycles. The zero-order chi connectivity index (χ0) is 20.9. The van der Waals surface area contributed by atoms with Gasteiger partial charge in [-0.1, -0.05) is 24.3 Å². The number of nitrogens with two attached hydrogens (primary N) is 1. The van der Waals surface area contributed by atoms with Gasteiger partial charge >= 0.3 is 6.09 Å². The average molecular weight is 402 g/mol. The van der Waals surface area contributed by atoms with Gasteiger partial charge in [0, 0.05) is 23.5 Å². The van der Waals surface area contributed by atoms with Crippen LogP contribution < -0.4 is 16.4 Å². The van der Waals surface area contributed by atoms with Crippen molar-refractivity contribution in [1.29, 1.82) is 0 Å². The Kier molecular flexibility index (Phi) is 5.61. The molecule has 0 aliphatic heterocycles. The highest BCUT2D eigenvalue weighted by Crippen LogP contribution is 2.32. The van der Waals surface area contributed by atoms with E-state index in [2.05, 4.69) is 15.6 Å². The van der Waals surface area contributed by atoms with Gasteiger partial charge < -0.3 is 21.1 Å². The molecule has 2 aromatic carbocycles. The largest absolute Gasteiger partial charge is 0.445 e. The van der Waals surface area contributed by atoms with E-state index in [0.29, 0.717) is 16.9 Å². The van der Waals surface area contributed by atoms with E-state index in [1.165, 1.54) is 0 Å². The lowest BCUT2D eigenvalue weighted by Gasteiger charge is -2.15. The Morgan fingerprint density at radius 2 is 2.00 bits per heavy atom. The number of carbonyl (C=O) groups excluding carboxylic acids is 2. The fourth-order valence-electron chi connectivity index (χ4n) is 3.53. The first-order chi connectivity index (χ1) is 14.6. The van der Waals surface area contributed by atoms with Crippen LogP contribution in [0.5, 0.6) is 0 Å². The Labute approximate surface area is 174 Å². The van der Waals surface area contributed by atoms with Gasteiger partial charge in [0.05, 0.1) is 17.4 Å². The number of anilines is 2. The average Bonchev–Trinajstić information content (AvgIpc) is 3.16. The van der Waals surface area contributed by atoms with Crippen molar-refractivity contribution in [2.24, 2.45) is 0 Å². The number of nitrogens with one attached hydrogen (secondary N) is 2. The van der Waals surface area contributed by atoms with Gasteiger partial charge in [-0.3, -0.25) is 9.78 Å². The first kappa shape index (κ1) is 19.4. The van der Waals surface area contributed by atoms with E-state index in [9.17, 15) is 9.59 Å². The van der Waals surface area contributed by atoms with Crippen LogP contribution in [0.1, 0.15) is 39.5 Å². The molecular formula is C23H22N4O3. The van der Waals surface area contributed by atoms with Crippen LogP contribution in [0.25, 0.3) is 0 Å². The van der Waals surface area contributed by atoms with Gasteiger partial charge in [0.15, 0.2) is 0 Å². The summed E-state index contributed by atoms with van der Waals surface area (Å²) in [4.78, 5) is 28.7. The molecule has 152 valence electrons. The van der Waals surface area contributed by atoms with E-state index >= 15 is 0 Å². The maximum atomic E-state index is 12.6. The van der Waals surface area contributed by atoms with E-state index in [1.807, 2.05) is 30.3 Å². The number of rotatable bonds is 5. The van der Waals surface area contributed by atoms with Crippen LogP contribution in [0.2, 0.25) is 0 Å². The lowest BCUT2D eigenvalue weighted by atomic mass is 10.0. The molecule has 0 bridgehead atoms. The standard InChI is InChI=1S/C23H22N4O3/c24-19-5-1-2-6-21(19)26-22(28)17-7-9-18-16(12-17)8-10-20(18)27-23(29)30-14-15-4-3-11-25-13-15/h1-7,9,11-13,20H,8,10,14,24H2,(H,26,28)(H,27,29). The van der Waals surface area contributed by atoms with Gasteiger partial charge in [-0.25, -0.2) is 4.79 Å². The number of nitrogens with zero attached hydrogens (tertiary/aromatic N) is 1. The predicted octanol–water partition coefficient (Wildman–Crippen LogP) is 3.83. The number of amides is 2. The highest BCUT2D eigenvalue weighted by atomic mass is 16.5. The third-order valence-corrected chi connectivity index (χ3v) is 5.08. The number of pyridine rings is 1. The van der Waals surface area contributed by atoms with Crippen molar-refractivity contribution in [3.63, 3.8) is 0 Å². The number of nitrogen functional groups attached to an aromatic ring is 1. The summed E-state index contributed by atoms with van der Waals surface area (Å²) in [5.41, 5.74) is 10.4. The molecule has 0 fully saturated rings. The van der Waals surface area contributed by atoms with Crippen LogP contribution in [-0.4, -0.2) is 17.0 Å². The molecule has 1 unspecified atom stereocenters. The number of fused-ring (bicyclic) bond motifs is 1. The summed E-state index contributed by atoms with van der Waals surface area (Å²) in [7, 11) is 0. The maximum Gasteiger partial charge on any atom is 0.407 e. The van der Waals surface area contributed by atoms with Gasteiger partial charge in [0.1, 0.15) is 6.61 Å². The summed E-state index contributed by atoms with van der Waals surface area (Å²) in [6, 6.07) is 16.2. The highest BCUT2D eigenvalue weighted by molar-refractivity contribution is 6.05. The first-order valence-corrected chi connectivity index (χ1v) is 9.71. The van der Waals surface area contributed by atoms with Crippen LogP contribution in [0.15, 0.2) is 67.0 Å². The number of hydrogen-bond donors (Lipinski definition) is 3. The minimum Gasteiger partial charge on any atom is -0.445 e. The van der Waals surface area contributed by atoms with Crippen molar-refractivity contribution in [1.82, 2.24) is 10.3 Å². The number of aromatic nitrogens is 1. The fraction of sp³-hybridized carbons (Fsp3) is 0.174. The molecule has 4 rings (SSSR count).